The molecule has 0 aromatic carbocycles. The minimum absolute atomic E-state index is 0. The molecule has 0 aromatic rings. The molecule has 0 aliphatic heterocycles. The molecular formula is Cl7Ti2-3. The van der Waals surface area contributed by atoms with Crippen LogP contribution in [0.3, 0.4) is 0 Å². The van der Waals surface area contributed by atoms with E-state index in [9.17, 15) is 0 Å². The summed E-state index contributed by atoms with van der Waals surface area (Å²) in [6.07, 6.45) is 0. The Bertz CT molecular complexity index is 6.88. The third-order valence-corrected chi connectivity index (χ3v) is 0. The summed E-state index contributed by atoms with van der Waals surface area (Å²) in [5.41, 5.74) is 0. The van der Waals surface area contributed by atoms with Gasteiger partial charge in [-0.15, -0.1) is 0 Å². The van der Waals surface area contributed by atoms with E-state index in [1.807, 2.05) is 0 Å². The van der Waals surface area contributed by atoms with Crippen molar-refractivity contribution in [2.24, 2.45) is 0 Å². The molecule has 0 atom stereocenters. The van der Waals surface area contributed by atoms with Gasteiger partial charge in [0.25, 0.3) is 0 Å². The maximum atomic E-state index is 0. The van der Waals surface area contributed by atoms with E-state index in [1.165, 1.54) is 0 Å². The second-order valence-electron chi connectivity index (χ2n) is 0. The first-order chi connectivity index (χ1) is 0. The summed E-state index contributed by atoms with van der Waals surface area (Å²) in [6.45, 7) is 0. The summed E-state index contributed by atoms with van der Waals surface area (Å²) in [4.78, 5) is 0. The van der Waals surface area contributed by atoms with Gasteiger partial charge in [-0.05, 0) is 0 Å². The Labute approximate surface area is 128 Å². The van der Waals surface area contributed by atoms with Crippen LogP contribution in [0.4, 0.5) is 0 Å². The molecule has 0 bridgehead atoms. The fourth-order valence-electron chi connectivity index (χ4n) is 0. The van der Waals surface area contributed by atoms with Crippen LogP contribution >= 0.6 is 0 Å². The van der Waals surface area contributed by atoms with Crippen molar-refractivity contribution >= 4 is 0 Å². The Balaban J connectivity index is 0. The molecule has 0 N–H and O–H groups in total. The van der Waals surface area contributed by atoms with E-state index in [0.717, 1.165) is 0 Å². The standard InChI is InChI=1S/7ClH.2Ti/h7*1H;;/q;;;;;;;2*+2/p-7. The van der Waals surface area contributed by atoms with Gasteiger partial charge in [0.15, 0.2) is 0 Å². The summed E-state index contributed by atoms with van der Waals surface area (Å²) >= 11 is 0. The average molecular weight is 344 g/mol. The fourth-order valence-corrected chi connectivity index (χ4v) is 0. The number of hydrogen-bond donors (Lipinski definition) is 0. The molecule has 9 heteroatoms. The average Bonchev–Trinajstić information content (AvgIpc) is 0. The van der Waals surface area contributed by atoms with Crippen LogP contribution in [0.1, 0.15) is 0 Å². The van der Waals surface area contributed by atoms with Crippen molar-refractivity contribution in [1.82, 2.24) is 0 Å². The van der Waals surface area contributed by atoms with Gasteiger partial charge < -0.3 is 86.8 Å². The quantitative estimate of drug-likeness (QED) is 0.383. The molecule has 0 amide bonds. The van der Waals surface area contributed by atoms with Gasteiger partial charge in [0.05, 0.1) is 0 Å². The summed E-state index contributed by atoms with van der Waals surface area (Å²) in [6, 6.07) is 0. The van der Waals surface area contributed by atoms with Gasteiger partial charge in [-0.25, -0.2) is 0 Å². The maximum Gasteiger partial charge on any atom is 2.00 e. The Morgan fingerprint density at radius 2 is 0.222 bits per heavy atom. The van der Waals surface area contributed by atoms with Crippen molar-refractivity contribution in [3.8, 4) is 0 Å². The van der Waals surface area contributed by atoms with E-state index < -0.39 is 0 Å². The molecule has 0 saturated carbocycles. The van der Waals surface area contributed by atoms with Gasteiger partial charge in [0.2, 0.25) is 0 Å². The Morgan fingerprint density at radius 3 is 0.222 bits per heavy atom. The minimum Gasteiger partial charge on any atom is -1.00 e. The van der Waals surface area contributed by atoms with E-state index >= 15 is 0 Å². The molecule has 0 spiro atoms. The van der Waals surface area contributed by atoms with E-state index in [2.05, 4.69) is 0 Å². The normalized spacial score (nSPS) is 0. The van der Waals surface area contributed by atoms with E-state index in [0.29, 0.717) is 0 Å². The molecule has 0 aromatic heterocycles. The second kappa shape index (κ2) is 105. The largest absolute Gasteiger partial charge is 2.00 e. The molecule has 0 aliphatic carbocycles. The summed E-state index contributed by atoms with van der Waals surface area (Å²) < 4.78 is 0. The number of halogens is 7. The van der Waals surface area contributed by atoms with Gasteiger partial charge in [-0.3, -0.25) is 0 Å². The molecule has 0 heterocycles. The van der Waals surface area contributed by atoms with Crippen LogP contribution in [0.2, 0.25) is 0 Å². The third kappa shape index (κ3) is 85.7. The summed E-state index contributed by atoms with van der Waals surface area (Å²) in [5.74, 6) is 0. The molecule has 60 valence electrons. The smallest absolute Gasteiger partial charge is 1.00 e. The number of rotatable bonds is 0. The summed E-state index contributed by atoms with van der Waals surface area (Å²) in [5, 5.41) is 0. The van der Waals surface area contributed by atoms with Crippen LogP contribution in [0.25, 0.3) is 0 Å². The van der Waals surface area contributed by atoms with Crippen LogP contribution in [0, 0.1) is 0 Å². The number of hydrogen-bond acceptors (Lipinski definition) is 0. The molecule has 0 nitrogen and oxygen atoms in total. The fraction of sp³-hybridized carbons (Fsp3) is 0. The Morgan fingerprint density at radius 1 is 0.222 bits per heavy atom. The van der Waals surface area contributed by atoms with Crippen molar-refractivity contribution in [2.45, 2.75) is 0 Å². The Kier molecular flexibility index (Phi) is 1590. The molecule has 0 aliphatic rings. The van der Waals surface area contributed by atoms with Crippen molar-refractivity contribution in [3.63, 3.8) is 0 Å². The molecule has 0 radical (unpaired) electrons. The first-order valence-corrected chi connectivity index (χ1v) is 0. The molecular weight excluding hydrogens is 344 g/mol. The first kappa shape index (κ1) is 137. The van der Waals surface area contributed by atoms with Gasteiger partial charge >= 0.3 is 43.4 Å². The van der Waals surface area contributed by atoms with Crippen LogP contribution < -0.4 is 86.8 Å². The van der Waals surface area contributed by atoms with E-state index in [-0.39, 0.29) is 130 Å². The van der Waals surface area contributed by atoms with Gasteiger partial charge in [0, 0.05) is 0 Å². The van der Waals surface area contributed by atoms with Crippen LogP contribution in [0.5, 0.6) is 0 Å². The monoisotopic (exact) mass is 341 g/mol. The van der Waals surface area contributed by atoms with Gasteiger partial charge in [0.1, 0.15) is 0 Å². The zero-order valence-electron chi connectivity index (χ0n) is 3.65. The summed E-state index contributed by atoms with van der Waals surface area (Å²) in [7, 11) is 0. The minimum atomic E-state index is 0. The molecule has 0 unspecified atom stereocenters. The molecule has 0 saturated heterocycles. The van der Waals surface area contributed by atoms with Crippen LogP contribution in [-0.4, -0.2) is 0 Å². The molecule has 0 rings (SSSR count). The van der Waals surface area contributed by atoms with E-state index in [4.69, 9.17) is 0 Å². The third-order valence-electron chi connectivity index (χ3n) is 0. The SMILES string of the molecule is [Cl-].[Cl-].[Cl-].[Cl-].[Cl-].[Cl-].[Cl-].[Ti+2].[Ti+2]. The zero-order chi connectivity index (χ0) is 0. The van der Waals surface area contributed by atoms with Crippen molar-refractivity contribution in [1.29, 1.82) is 0 Å². The van der Waals surface area contributed by atoms with Crippen molar-refractivity contribution in [2.75, 3.05) is 0 Å². The van der Waals surface area contributed by atoms with E-state index in [1.54, 1.807) is 0 Å². The maximum absolute atomic E-state index is 0. The topological polar surface area (TPSA) is 0 Å². The molecule has 0 fully saturated rings. The second-order valence-corrected chi connectivity index (χ2v) is 0. The van der Waals surface area contributed by atoms with Gasteiger partial charge in [-0.1, -0.05) is 0 Å². The Hall–Kier alpha value is 3.46. The van der Waals surface area contributed by atoms with Crippen LogP contribution in [0.15, 0.2) is 0 Å². The van der Waals surface area contributed by atoms with Crippen LogP contribution in [-0.2, 0) is 43.4 Å². The predicted octanol–water partition coefficient (Wildman–Crippen LogP) is -21.0. The molecule has 9 heavy (non-hydrogen) atoms. The van der Waals surface area contributed by atoms with Gasteiger partial charge in [-0.2, -0.15) is 0 Å². The predicted molar refractivity (Wildman–Crippen MR) is 0 cm³/mol. The first-order valence-electron chi connectivity index (χ1n) is 0. The van der Waals surface area contributed by atoms with Crippen molar-refractivity contribution < 1.29 is 130 Å². The van der Waals surface area contributed by atoms with Crippen molar-refractivity contribution in [3.05, 3.63) is 0 Å². The zero-order valence-corrected chi connectivity index (χ0v) is 12.1.